The smallest absolute Gasteiger partial charge is 0.132 e. The Balaban J connectivity index is 1.61. The number of nitrogens with zero attached hydrogens (tertiary/aromatic N) is 3. The number of hydrogen-bond donors (Lipinski definition) is 3. The predicted molar refractivity (Wildman–Crippen MR) is 137 cm³/mol. The predicted octanol–water partition coefficient (Wildman–Crippen LogP) is 3.12. The lowest BCUT2D eigenvalue weighted by atomic mass is 9.78. The molecule has 1 aromatic heterocycles. The average Bonchev–Trinajstić information content (AvgIpc) is 3.28. The molecule has 0 unspecified atom stereocenters. The van der Waals surface area contributed by atoms with Crippen molar-refractivity contribution in [1.29, 1.82) is 0 Å². The van der Waals surface area contributed by atoms with Gasteiger partial charge in [-0.3, -0.25) is 0 Å². The summed E-state index contributed by atoms with van der Waals surface area (Å²) in [6, 6.07) is 13.8. The molecule has 0 bridgehead atoms. The molecule has 2 aromatic carbocycles. The third-order valence-electron chi connectivity index (χ3n) is 5.52. The number of benzene rings is 2. The van der Waals surface area contributed by atoms with E-state index in [0.717, 1.165) is 14.7 Å². The van der Waals surface area contributed by atoms with Crippen LogP contribution in [-0.4, -0.2) is 61.6 Å². The van der Waals surface area contributed by atoms with Crippen LogP contribution in [0.2, 0.25) is 0 Å². The maximum atomic E-state index is 10.2. The van der Waals surface area contributed by atoms with E-state index < -0.39 is 12.2 Å². The number of aliphatic hydroxyl groups excluding tert-OH is 3. The zero-order chi connectivity index (χ0) is 24.7. The van der Waals surface area contributed by atoms with Crippen molar-refractivity contribution in [2.45, 2.75) is 44.6 Å². The molecule has 0 aliphatic carbocycles. The first kappa shape index (κ1) is 26.7. The van der Waals surface area contributed by atoms with Crippen LogP contribution in [0.5, 0.6) is 11.5 Å². The highest BCUT2D eigenvalue weighted by molar-refractivity contribution is 14.1. The second-order valence-corrected chi connectivity index (χ2v) is 9.91. The maximum Gasteiger partial charge on any atom is 0.132 e. The van der Waals surface area contributed by atoms with Gasteiger partial charge in [0.1, 0.15) is 36.9 Å². The molecule has 34 heavy (non-hydrogen) atoms. The van der Waals surface area contributed by atoms with Gasteiger partial charge in [-0.2, -0.15) is 0 Å². The second kappa shape index (κ2) is 12.2. The van der Waals surface area contributed by atoms with Crippen molar-refractivity contribution in [1.82, 2.24) is 15.0 Å². The lowest BCUT2D eigenvalue weighted by Gasteiger charge is -2.27. The fourth-order valence-corrected chi connectivity index (χ4v) is 4.13. The summed E-state index contributed by atoms with van der Waals surface area (Å²) < 4.78 is 13.8. The Morgan fingerprint density at radius 1 is 1.03 bits per heavy atom. The molecule has 0 saturated heterocycles. The first-order valence-corrected chi connectivity index (χ1v) is 12.4. The molecule has 3 N–H and O–H groups in total. The number of ether oxygens (including phenoxy) is 2. The number of hydrogen-bond acceptors (Lipinski definition) is 7. The standard InChI is InChI=1S/C24H29ClIN3O5/c1-24(2,17-5-8-23(22(26)9-17)34-14-19(31)10-25)16-3-6-21(7-4-16)33-15-20(32)12-29-18(13-30)11-27-28-29/h3-9,11,19-20,30-32H,10,12-15H2,1-2H3/t19-,20-/m0/s1. The molecule has 0 fully saturated rings. The van der Waals surface area contributed by atoms with Crippen LogP contribution >= 0.6 is 34.2 Å². The summed E-state index contributed by atoms with van der Waals surface area (Å²) in [5, 5.41) is 36.7. The molecule has 0 saturated carbocycles. The van der Waals surface area contributed by atoms with Crippen LogP contribution in [0.4, 0.5) is 0 Å². The van der Waals surface area contributed by atoms with Crippen LogP contribution in [0.15, 0.2) is 48.7 Å². The van der Waals surface area contributed by atoms with E-state index in [-0.39, 0.29) is 37.7 Å². The minimum atomic E-state index is -0.795. The highest BCUT2D eigenvalue weighted by Crippen LogP contribution is 2.35. The van der Waals surface area contributed by atoms with Gasteiger partial charge in [-0.15, -0.1) is 16.7 Å². The van der Waals surface area contributed by atoms with E-state index in [4.69, 9.17) is 21.1 Å². The summed E-state index contributed by atoms with van der Waals surface area (Å²) in [6.45, 7) is 4.53. The zero-order valence-corrected chi connectivity index (χ0v) is 22.0. The van der Waals surface area contributed by atoms with Gasteiger partial charge in [0.05, 0.1) is 34.5 Å². The van der Waals surface area contributed by atoms with Crippen LogP contribution in [0.1, 0.15) is 30.7 Å². The third kappa shape index (κ3) is 6.82. The summed E-state index contributed by atoms with van der Waals surface area (Å²) in [7, 11) is 0. The van der Waals surface area contributed by atoms with Gasteiger partial charge in [-0.1, -0.05) is 37.3 Å². The Kier molecular flexibility index (Phi) is 9.55. The summed E-state index contributed by atoms with van der Waals surface area (Å²) in [5.41, 5.74) is 2.50. The molecule has 0 amide bonds. The average molecular weight is 602 g/mol. The molecule has 184 valence electrons. The van der Waals surface area contributed by atoms with Gasteiger partial charge in [0.15, 0.2) is 0 Å². The van der Waals surface area contributed by atoms with E-state index in [1.807, 2.05) is 36.4 Å². The van der Waals surface area contributed by atoms with Gasteiger partial charge in [0.25, 0.3) is 0 Å². The Bertz CT molecular complexity index is 1060. The largest absolute Gasteiger partial charge is 0.491 e. The van der Waals surface area contributed by atoms with Crippen molar-refractivity contribution in [3.8, 4) is 11.5 Å². The van der Waals surface area contributed by atoms with Gasteiger partial charge in [0.2, 0.25) is 0 Å². The van der Waals surface area contributed by atoms with E-state index >= 15 is 0 Å². The molecule has 1 heterocycles. The van der Waals surface area contributed by atoms with Crippen molar-refractivity contribution in [3.05, 3.63) is 69.1 Å². The topological polar surface area (TPSA) is 110 Å². The first-order valence-electron chi connectivity index (χ1n) is 10.8. The minimum absolute atomic E-state index is 0.0888. The fourth-order valence-electron chi connectivity index (χ4n) is 3.37. The molecule has 8 nitrogen and oxygen atoms in total. The van der Waals surface area contributed by atoms with Gasteiger partial charge >= 0.3 is 0 Å². The van der Waals surface area contributed by atoms with Gasteiger partial charge in [-0.25, -0.2) is 4.68 Å². The summed E-state index contributed by atoms with van der Waals surface area (Å²) >= 11 is 7.86. The molecular weight excluding hydrogens is 573 g/mol. The molecule has 0 radical (unpaired) electrons. The normalized spacial score (nSPS) is 13.5. The molecule has 0 aliphatic heterocycles. The SMILES string of the molecule is CC(C)(c1ccc(OC[C@@H](O)Cn2nncc2CO)cc1)c1ccc(OC[C@@H](O)CCl)c(I)c1. The highest BCUT2D eigenvalue weighted by atomic mass is 127. The van der Waals surface area contributed by atoms with Crippen LogP contribution in [0, 0.1) is 3.57 Å². The second-order valence-electron chi connectivity index (χ2n) is 8.44. The van der Waals surface area contributed by atoms with Crippen LogP contribution in [0.3, 0.4) is 0 Å². The number of halogens is 2. The van der Waals surface area contributed by atoms with Gasteiger partial charge in [0, 0.05) is 5.41 Å². The summed E-state index contributed by atoms with van der Waals surface area (Å²) in [6.07, 6.45) is -0.0331. The molecular formula is C24H29ClIN3O5. The molecule has 3 aromatic rings. The Morgan fingerprint density at radius 3 is 2.35 bits per heavy atom. The van der Waals surface area contributed by atoms with Crippen molar-refractivity contribution in [2.75, 3.05) is 19.1 Å². The Morgan fingerprint density at radius 2 is 1.71 bits per heavy atom. The zero-order valence-electron chi connectivity index (χ0n) is 19.1. The Labute approximate surface area is 217 Å². The quantitative estimate of drug-likeness (QED) is 0.216. The number of aliphatic hydroxyl groups is 3. The molecule has 10 heteroatoms. The lowest BCUT2D eigenvalue weighted by Crippen LogP contribution is -2.25. The van der Waals surface area contributed by atoms with Crippen LogP contribution in [-0.2, 0) is 18.6 Å². The fraction of sp³-hybridized carbons (Fsp3) is 0.417. The molecule has 2 atom stereocenters. The monoisotopic (exact) mass is 601 g/mol. The minimum Gasteiger partial charge on any atom is -0.491 e. The number of alkyl halides is 1. The summed E-state index contributed by atoms with van der Waals surface area (Å²) in [4.78, 5) is 0. The van der Waals surface area contributed by atoms with E-state index in [1.54, 1.807) is 0 Å². The molecule has 3 rings (SSSR count). The van der Waals surface area contributed by atoms with E-state index in [2.05, 4.69) is 52.8 Å². The van der Waals surface area contributed by atoms with E-state index in [1.165, 1.54) is 10.9 Å². The maximum absolute atomic E-state index is 10.2. The molecule has 0 spiro atoms. The van der Waals surface area contributed by atoms with Crippen molar-refractivity contribution in [3.63, 3.8) is 0 Å². The van der Waals surface area contributed by atoms with Crippen molar-refractivity contribution in [2.24, 2.45) is 0 Å². The van der Waals surface area contributed by atoms with Gasteiger partial charge in [-0.05, 0) is 58.0 Å². The Hall–Kier alpha value is -1.92. The number of rotatable bonds is 12. The number of aromatic nitrogens is 3. The highest BCUT2D eigenvalue weighted by Gasteiger charge is 2.24. The molecule has 0 aliphatic rings. The van der Waals surface area contributed by atoms with Crippen molar-refractivity contribution < 1.29 is 24.8 Å². The first-order chi connectivity index (χ1) is 16.2. The van der Waals surface area contributed by atoms with Gasteiger partial charge < -0.3 is 24.8 Å². The van der Waals surface area contributed by atoms with Crippen LogP contribution in [0.25, 0.3) is 0 Å². The van der Waals surface area contributed by atoms with E-state index in [9.17, 15) is 15.3 Å². The lowest BCUT2D eigenvalue weighted by molar-refractivity contribution is 0.0866. The summed E-state index contributed by atoms with van der Waals surface area (Å²) in [5.74, 6) is 1.49. The third-order valence-corrected chi connectivity index (χ3v) is 6.72. The van der Waals surface area contributed by atoms with Crippen molar-refractivity contribution >= 4 is 34.2 Å². The van der Waals surface area contributed by atoms with E-state index in [0.29, 0.717) is 17.2 Å². The van der Waals surface area contributed by atoms with Crippen LogP contribution < -0.4 is 9.47 Å².